The molecule has 0 radical (unpaired) electrons. The fourth-order valence-corrected chi connectivity index (χ4v) is 7.66. The van der Waals surface area contributed by atoms with Crippen molar-refractivity contribution in [3.63, 3.8) is 0 Å². The molecule has 0 unspecified atom stereocenters. The zero-order valence-corrected chi connectivity index (χ0v) is 25.8. The van der Waals surface area contributed by atoms with Gasteiger partial charge in [0, 0.05) is 16.7 Å². The molecule has 1 aromatic heterocycles. The highest BCUT2D eigenvalue weighted by molar-refractivity contribution is 6.01. The van der Waals surface area contributed by atoms with Crippen LogP contribution in [-0.4, -0.2) is 9.97 Å². The van der Waals surface area contributed by atoms with E-state index in [2.05, 4.69) is 146 Å². The van der Waals surface area contributed by atoms with Gasteiger partial charge in [0.2, 0.25) is 0 Å². The molecule has 0 N–H and O–H groups in total. The van der Waals surface area contributed by atoms with E-state index in [9.17, 15) is 0 Å². The van der Waals surface area contributed by atoms with Crippen LogP contribution >= 0.6 is 0 Å². The summed E-state index contributed by atoms with van der Waals surface area (Å²) >= 11 is 0. The van der Waals surface area contributed by atoms with Crippen molar-refractivity contribution in [3.8, 4) is 67.3 Å². The van der Waals surface area contributed by atoms with Crippen molar-refractivity contribution in [1.82, 2.24) is 9.97 Å². The molecule has 0 amide bonds. The minimum atomic E-state index is 0.782. The second kappa shape index (κ2) is 10.8. The number of rotatable bonds is 5. The van der Waals surface area contributed by atoms with Crippen molar-refractivity contribution in [3.05, 3.63) is 167 Å². The Bertz CT molecular complexity index is 2210. The molecule has 1 heterocycles. The molecule has 46 heavy (non-hydrogen) atoms. The summed E-state index contributed by atoms with van der Waals surface area (Å²) in [6.07, 6.45) is 2.82. The SMILES string of the molecule is CCc1ccc2c(c1-c1ccccc1)-c1c(cc(-c3nc(-c4ccccc4)cc(-c4ccccc4)n3)c3c1Cc1ccccc1-3)C2. The fraction of sp³-hybridized carbons (Fsp3) is 0.0909. The van der Waals surface area contributed by atoms with Crippen LogP contribution in [0.3, 0.4) is 0 Å². The lowest BCUT2D eigenvalue weighted by molar-refractivity contribution is 1.14. The molecule has 6 aromatic carbocycles. The van der Waals surface area contributed by atoms with Crippen molar-refractivity contribution < 1.29 is 0 Å². The maximum atomic E-state index is 5.31. The topological polar surface area (TPSA) is 25.8 Å². The van der Waals surface area contributed by atoms with E-state index < -0.39 is 0 Å². The van der Waals surface area contributed by atoms with Crippen LogP contribution < -0.4 is 0 Å². The molecular formula is C44H32N2. The van der Waals surface area contributed by atoms with E-state index in [4.69, 9.17) is 9.97 Å². The number of benzene rings is 6. The normalized spacial score (nSPS) is 12.4. The standard InChI is InChI=1S/C44H32N2/c1-2-28-22-23-33-24-34-26-37(44-45-38(29-14-6-3-7-15-29)27-39(46-44)30-16-8-4-9-17-30)43-35-21-13-12-20-32(35)25-36(43)41(34)42(33)40(28)31-18-10-5-11-19-31/h3-23,26-27H,2,24-25H2,1H3. The van der Waals surface area contributed by atoms with Crippen LogP contribution in [0.1, 0.15) is 34.7 Å². The van der Waals surface area contributed by atoms with Crippen LogP contribution in [0.4, 0.5) is 0 Å². The number of nitrogens with zero attached hydrogens (tertiary/aromatic N) is 2. The van der Waals surface area contributed by atoms with Gasteiger partial charge >= 0.3 is 0 Å². The van der Waals surface area contributed by atoms with Crippen molar-refractivity contribution >= 4 is 0 Å². The Hall–Kier alpha value is -5.60. The van der Waals surface area contributed by atoms with Crippen LogP contribution in [0.2, 0.25) is 0 Å². The summed E-state index contributed by atoms with van der Waals surface area (Å²) in [6.45, 7) is 2.27. The van der Waals surface area contributed by atoms with Crippen molar-refractivity contribution in [1.29, 1.82) is 0 Å². The third kappa shape index (κ3) is 4.25. The van der Waals surface area contributed by atoms with E-state index >= 15 is 0 Å². The highest BCUT2D eigenvalue weighted by atomic mass is 14.9. The molecule has 2 heteroatoms. The summed E-state index contributed by atoms with van der Waals surface area (Å²) in [6, 6.07) is 50.1. The maximum absolute atomic E-state index is 5.31. The van der Waals surface area contributed by atoms with Gasteiger partial charge in [-0.1, -0.05) is 134 Å². The van der Waals surface area contributed by atoms with Gasteiger partial charge < -0.3 is 0 Å². The van der Waals surface area contributed by atoms with Crippen LogP contribution in [0, 0.1) is 0 Å². The number of hydrogen-bond donors (Lipinski definition) is 0. The van der Waals surface area contributed by atoms with Crippen molar-refractivity contribution in [2.75, 3.05) is 0 Å². The van der Waals surface area contributed by atoms with Gasteiger partial charge in [0.1, 0.15) is 0 Å². The molecule has 2 aliphatic carbocycles. The summed E-state index contributed by atoms with van der Waals surface area (Å²) in [5.74, 6) is 0.782. The number of aromatic nitrogens is 2. The van der Waals surface area contributed by atoms with Crippen LogP contribution in [-0.2, 0) is 19.3 Å². The lowest BCUT2D eigenvalue weighted by atomic mass is 9.85. The second-order valence-corrected chi connectivity index (χ2v) is 12.4. The van der Waals surface area contributed by atoms with E-state index in [1.807, 2.05) is 0 Å². The van der Waals surface area contributed by atoms with Crippen LogP contribution in [0.5, 0.6) is 0 Å². The smallest absolute Gasteiger partial charge is 0.161 e. The number of fused-ring (bicyclic) bond motifs is 7. The van der Waals surface area contributed by atoms with E-state index in [0.29, 0.717) is 0 Å². The Morgan fingerprint density at radius 2 is 1.07 bits per heavy atom. The van der Waals surface area contributed by atoms with Gasteiger partial charge in [-0.2, -0.15) is 0 Å². The van der Waals surface area contributed by atoms with Gasteiger partial charge in [-0.3, -0.25) is 0 Å². The Kier molecular flexibility index (Phi) is 6.28. The summed E-state index contributed by atoms with van der Waals surface area (Å²) in [5.41, 5.74) is 20.2. The average Bonchev–Trinajstić information content (AvgIpc) is 3.70. The summed E-state index contributed by atoms with van der Waals surface area (Å²) < 4.78 is 0. The molecule has 2 aliphatic rings. The predicted molar refractivity (Wildman–Crippen MR) is 190 cm³/mol. The zero-order valence-electron chi connectivity index (χ0n) is 25.8. The predicted octanol–water partition coefficient (Wildman–Crippen LogP) is 10.8. The molecule has 0 atom stereocenters. The molecule has 2 nitrogen and oxygen atoms in total. The first-order valence-electron chi connectivity index (χ1n) is 16.2. The van der Waals surface area contributed by atoms with Gasteiger partial charge in [0.15, 0.2) is 5.82 Å². The van der Waals surface area contributed by atoms with Gasteiger partial charge in [-0.15, -0.1) is 0 Å². The number of aryl methyl sites for hydroxylation is 1. The first-order chi connectivity index (χ1) is 22.8. The van der Waals surface area contributed by atoms with Crippen LogP contribution in [0.15, 0.2) is 140 Å². The lowest BCUT2D eigenvalue weighted by Crippen LogP contribution is -2.00. The third-order valence-corrected chi connectivity index (χ3v) is 9.72. The third-order valence-electron chi connectivity index (χ3n) is 9.72. The Labute approximate surface area is 270 Å². The molecular weight excluding hydrogens is 556 g/mol. The highest BCUT2D eigenvalue weighted by Gasteiger charge is 2.34. The average molecular weight is 589 g/mol. The molecule has 9 rings (SSSR count). The van der Waals surface area contributed by atoms with Crippen molar-refractivity contribution in [2.24, 2.45) is 0 Å². The van der Waals surface area contributed by atoms with Crippen LogP contribution in [0.25, 0.3) is 67.3 Å². The minimum absolute atomic E-state index is 0.782. The van der Waals surface area contributed by atoms with Gasteiger partial charge in [0.05, 0.1) is 11.4 Å². The minimum Gasteiger partial charge on any atom is -0.228 e. The first-order valence-corrected chi connectivity index (χ1v) is 16.2. The Morgan fingerprint density at radius 3 is 1.72 bits per heavy atom. The van der Waals surface area contributed by atoms with Gasteiger partial charge in [-0.05, 0) is 92.6 Å². The largest absolute Gasteiger partial charge is 0.228 e. The summed E-state index contributed by atoms with van der Waals surface area (Å²) in [7, 11) is 0. The maximum Gasteiger partial charge on any atom is 0.161 e. The van der Waals surface area contributed by atoms with E-state index in [0.717, 1.165) is 53.2 Å². The molecule has 0 spiro atoms. The Morgan fingerprint density at radius 1 is 0.457 bits per heavy atom. The van der Waals surface area contributed by atoms with E-state index in [1.165, 1.54) is 61.2 Å². The fourth-order valence-electron chi connectivity index (χ4n) is 7.66. The molecule has 218 valence electrons. The second-order valence-electron chi connectivity index (χ2n) is 12.4. The molecule has 7 aromatic rings. The van der Waals surface area contributed by atoms with E-state index in [1.54, 1.807) is 0 Å². The first kappa shape index (κ1) is 26.8. The number of hydrogen-bond acceptors (Lipinski definition) is 2. The molecule has 0 aliphatic heterocycles. The zero-order chi connectivity index (χ0) is 30.6. The van der Waals surface area contributed by atoms with E-state index in [-0.39, 0.29) is 0 Å². The monoisotopic (exact) mass is 588 g/mol. The molecule has 0 saturated heterocycles. The lowest BCUT2D eigenvalue weighted by Gasteiger charge is -2.19. The molecule has 0 saturated carbocycles. The molecule has 0 bridgehead atoms. The van der Waals surface area contributed by atoms with Gasteiger partial charge in [0.25, 0.3) is 0 Å². The quantitative estimate of drug-likeness (QED) is 0.200. The summed E-state index contributed by atoms with van der Waals surface area (Å²) in [5, 5.41) is 0. The molecule has 0 fully saturated rings. The van der Waals surface area contributed by atoms with Crippen molar-refractivity contribution in [2.45, 2.75) is 26.2 Å². The summed E-state index contributed by atoms with van der Waals surface area (Å²) in [4.78, 5) is 10.6. The van der Waals surface area contributed by atoms with Gasteiger partial charge in [-0.25, -0.2) is 9.97 Å². The Balaban J connectivity index is 1.34. The highest BCUT2D eigenvalue weighted by Crippen LogP contribution is 2.54.